The minimum atomic E-state index is -0.360. The molecule has 7 heteroatoms. The summed E-state index contributed by atoms with van der Waals surface area (Å²) in [5.41, 5.74) is 4.32. The molecule has 3 aromatic rings. The summed E-state index contributed by atoms with van der Waals surface area (Å²) < 4.78 is 6.34. The van der Waals surface area contributed by atoms with Crippen molar-refractivity contribution in [2.45, 2.75) is 20.8 Å². The lowest BCUT2D eigenvalue weighted by Gasteiger charge is -2.13. The number of carbonyl (C=O) groups excluding carboxylic acids is 1. The molecular weight excluding hydrogens is 468 g/mol. The zero-order chi connectivity index (χ0) is 21.0. The van der Waals surface area contributed by atoms with Gasteiger partial charge in [0.25, 0.3) is 0 Å². The van der Waals surface area contributed by atoms with Crippen LogP contribution in [0.3, 0.4) is 0 Å². The molecule has 0 unspecified atom stereocenters. The number of hydrogen-bond acceptors (Lipinski definition) is 4. The first kappa shape index (κ1) is 21.5. The molecule has 0 radical (unpaired) electrons. The number of benzene rings is 2. The molecule has 0 amide bonds. The first-order valence-electron chi connectivity index (χ1n) is 9.10. The van der Waals surface area contributed by atoms with Crippen LogP contribution in [0.25, 0.3) is 11.1 Å². The van der Waals surface area contributed by atoms with Crippen molar-refractivity contribution < 1.29 is 9.53 Å². The van der Waals surface area contributed by atoms with Crippen molar-refractivity contribution in [2.24, 2.45) is 0 Å². The van der Waals surface area contributed by atoms with E-state index in [9.17, 15) is 4.79 Å². The highest BCUT2D eigenvalue weighted by Gasteiger charge is 2.25. The van der Waals surface area contributed by atoms with Crippen molar-refractivity contribution in [3.8, 4) is 11.1 Å². The van der Waals surface area contributed by atoms with Crippen LogP contribution in [-0.2, 0) is 4.74 Å². The molecule has 4 nitrogen and oxygen atoms in total. The number of thiophene rings is 1. The molecule has 0 saturated carbocycles. The fraction of sp³-hybridized carbons (Fsp3) is 0.182. The molecule has 29 heavy (non-hydrogen) atoms. The molecule has 0 spiro atoms. The van der Waals surface area contributed by atoms with Crippen LogP contribution < -0.4 is 10.6 Å². The van der Waals surface area contributed by atoms with E-state index < -0.39 is 0 Å². The van der Waals surface area contributed by atoms with Gasteiger partial charge in [-0.1, -0.05) is 46.3 Å². The summed E-state index contributed by atoms with van der Waals surface area (Å²) in [6.07, 6.45) is 0. The van der Waals surface area contributed by atoms with E-state index in [1.54, 1.807) is 6.92 Å². The fourth-order valence-electron chi connectivity index (χ4n) is 3.01. The number of ether oxygens (including phenoxy) is 1. The molecule has 0 saturated heterocycles. The normalized spacial score (nSPS) is 10.5. The zero-order valence-electron chi connectivity index (χ0n) is 16.3. The van der Waals surface area contributed by atoms with Gasteiger partial charge in [-0.15, -0.1) is 11.3 Å². The van der Waals surface area contributed by atoms with E-state index in [0.717, 1.165) is 31.7 Å². The van der Waals surface area contributed by atoms with Crippen LogP contribution in [0, 0.1) is 13.8 Å². The van der Waals surface area contributed by atoms with Crippen molar-refractivity contribution in [3.05, 3.63) is 69.0 Å². The Morgan fingerprint density at radius 1 is 1.14 bits per heavy atom. The van der Waals surface area contributed by atoms with Gasteiger partial charge in [-0.05, 0) is 62.3 Å². The Kier molecular flexibility index (Phi) is 7.05. The van der Waals surface area contributed by atoms with Gasteiger partial charge in [0.1, 0.15) is 10.6 Å². The van der Waals surface area contributed by atoms with Gasteiger partial charge in [0.2, 0.25) is 0 Å². The first-order chi connectivity index (χ1) is 13.9. The highest BCUT2D eigenvalue weighted by Crippen LogP contribution is 2.40. The standard InChI is InChI=1S/C22H21BrN2O2S2/c1-4-27-21(26)19-18(15-8-6-5-7-9-15)14(3)29-20(19)25-22(28)24-17-11-10-16(23)12-13(17)2/h5-12H,4H2,1-3H3,(H2,24,25,28). The zero-order valence-corrected chi connectivity index (χ0v) is 19.6. The maximum absolute atomic E-state index is 12.8. The highest BCUT2D eigenvalue weighted by atomic mass is 79.9. The number of nitrogens with one attached hydrogen (secondary N) is 2. The largest absolute Gasteiger partial charge is 0.462 e. The van der Waals surface area contributed by atoms with Gasteiger partial charge < -0.3 is 15.4 Å². The van der Waals surface area contributed by atoms with E-state index in [1.165, 1.54) is 11.3 Å². The Morgan fingerprint density at radius 3 is 2.52 bits per heavy atom. The Balaban J connectivity index is 1.94. The second kappa shape index (κ2) is 9.52. The molecule has 0 fully saturated rings. The minimum Gasteiger partial charge on any atom is -0.462 e. The molecule has 1 heterocycles. The minimum absolute atomic E-state index is 0.308. The van der Waals surface area contributed by atoms with Gasteiger partial charge in [0.15, 0.2) is 5.11 Å². The Labute approximate surface area is 188 Å². The number of rotatable bonds is 5. The Hall–Kier alpha value is -2.22. The molecule has 1 aromatic heterocycles. The van der Waals surface area contributed by atoms with E-state index in [4.69, 9.17) is 17.0 Å². The van der Waals surface area contributed by atoms with Gasteiger partial charge in [-0.3, -0.25) is 0 Å². The molecule has 3 rings (SSSR count). The topological polar surface area (TPSA) is 50.4 Å². The lowest BCUT2D eigenvalue weighted by atomic mass is 10.0. The average molecular weight is 489 g/mol. The van der Waals surface area contributed by atoms with Crippen molar-refractivity contribution in [1.82, 2.24) is 0 Å². The smallest absolute Gasteiger partial charge is 0.341 e. The van der Waals surface area contributed by atoms with E-state index in [0.29, 0.717) is 22.3 Å². The van der Waals surface area contributed by atoms with Crippen molar-refractivity contribution in [1.29, 1.82) is 0 Å². The van der Waals surface area contributed by atoms with Crippen molar-refractivity contribution in [2.75, 3.05) is 17.2 Å². The number of carbonyl (C=O) groups is 1. The average Bonchev–Trinajstić information content (AvgIpc) is 3.00. The molecule has 0 aliphatic heterocycles. The van der Waals surface area contributed by atoms with Gasteiger partial charge in [0.05, 0.1) is 6.61 Å². The molecule has 2 N–H and O–H groups in total. The van der Waals surface area contributed by atoms with E-state index in [2.05, 4.69) is 26.6 Å². The number of anilines is 2. The number of halogens is 1. The summed E-state index contributed by atoms with van der Waals surface area (Å²) in [6, 6.07) is 15.8. The molecule has 0 bridgehead atoms. The monoisotopic (exact) mass is 488 g/mol. The highest BCUT2D eigenvalue weighted by molar-refractivity contribution is 9.10. The first-order valence-corrected chi connectivity index (χ1v) is 11.1. The fourth-order valence-corrected chi connectivity index (χ4v) is 4.83. The van der Waals surface area contributed by atoms with E-state index >= 15 is 0 Å². The Morgan fingerprint density at radius 2 is 1.86 bits per heavy atom. The van der Waals surface area contributed by atoms with Crippen LogP contribution in [-0.4, -0.2) is 17.7 Å². The van der Waals surface area contributed by atoms with Crippen LogP contribution in [0.4, 0.5) is 10.7 Å². The lowest BCUT2D eigenvalue weighted by Crippen LogP contribution is -2.20. The molecular formula is C22H21BrN2O2S2. The van der Waals surface area contributed by atoms with Crippen LogP contribution in [0.15, 0.2) is 53.0 Å². The second-order valence-corrected chi connectivity index (χ2v) is 8.91. The van der Waals surface area contributed by atoms with Gasteiger partial charge in [-0.2, -0.15) is 0 Å². The molecule has 0 atom stereocenters. The molecule has 0 aliphatic carbocycles. The molecule has 2 aromatic carbocycles. The van der Waals surface area contributed by atoms with Crippen LogP contribution in [0.1, 0.15) is 27.7 Å². The third kappa shape index (κ3) is 5.04. The van der Waals surface area contributed by atoms with Crippen molar-refractivity contribution in [3.63, 3.8) is 0 Å². The van der Waals surface area contributed by atoms with Gasteiger partial charge in [0, 0.05) is 20.6 Å². The summed E-state index contributed by atoms with van der Waals surface area (Å²) >= 11 is 10.5. The van der Waals surface area contributed by atoms with Crippen LogP contribution >= 0.6 is 39.5 Å². The second-order valence-electron chi connectivity index (χ2n) is 6.36. The van der Waals surface area contributed by atoms with Gasteiger partial charge >= 0.3 is 5.97 Å². The van der Waals surface area contributed by atoms with E-state index in [-0.39, 0.29) is 5.97 Å². The predicted octanol–water partition coefficient (Wildman–Crippen LogP) is 6.78. The number of hydrogen-bond donors (Lipinski definition) is 2. The number of thiocarbonyl (C=S) groups is 1. The number of aryl methyl sites for hydroxylation is 2. The SMILES string of the molecule is CCOC(=O)c1c(NC(=S)Nc2ccc(Br)cc2C)sc(C)c1-c1ccccc1. The maximum Gasteiger partial charge on any atom is 0.341 e. The third-order valence-corrected chi connectivity index (χ3v) is 6.01. The summed E-state index contributed by atoms with van der Waals surface area (Å²) in [4.78, 5) is 13.8. The van der Waals surface area contributed by atoms with Gasteiger partial charge in [-0.25, -0.2) is 4.79 Å². The quantitative estimate of drug-likeness (QED) is 0.306. The summed E-state index contributed by atoms with van der Waals surface area (Å²) in [7, 11) is 0. The summed E-state index contributed by atoms with van der Waals surface area (Å²) in [6.45, 7) is 6.11. The summed E-state index contributed by atoms with van der Waals surface area (Å²) in [5, 5.41) is 7.50. The van der Waals surface area contributed by atoms with Crippen LogP contribution in [0.2, 0.25) is 0 Å². The maximum atomic E-state index is 12.8. The third-order valence-electron chi connectivity index (χ3n) is 4.29. The molecule has 150 valence electrons. The molecule has 0 aliphatic rings. The summed E-state index contributed by atoms with van der Waals surface area (Å²) in [5.74, 6) is -0.360. The van der Waals surface area contributed by atoms with Crippen molar-refractivity contribution >= 4 is 61.3 Å². The lowest BCUT2D eigenvalue weighted by molar-refractivity contribution is 0.0529. The predicted molar refractivity (Wildman–Crippen MR) is 129 cm³/mol. The van der Waals surface area contributed by atoms with Crippen LogP contribution in [0.5, 0.6) is 0 Å². The Bertz CT molecular complexity index is 1050. The number of esters is 1. The van der Waals surface area contributed by atoms with E-state index in [1.807, 2.05) is 62.4 Å².